The van der Waals surface area contributed by atoms with Gasteiger partial charge in [0.05, 0.1) is 5.69 Å². The Morgan fingerprint density at radius 1 is 1.07 bits per heavy atom. The van der Waals surface area contributed by atoms with E-state index in [1.807, 2.05) is 20.0 Å². The van der Waals surface area contributed by atoms with Crippen LogP contribution in [-0.2, 0) is 0 Å². The van der Waals surface area contributed by atoms with Crippen LogP contribution in [0.15, 0.2) is 42.7 Å². The second kappa shape index (κ2) is 7.55. The molecule has 0 aliphatic carbocycles. The Morgan fingerprint density at radius 2 is 1.86 bits per heavy atom. The molecule has 8 heteroatoms. The molecule has 0 radical (unpaired) electrons. The first-order valence-electron chi connectivity index (χ1n) is 9.19. The van der Waals surface area contributed by atoms with Gasteiger partial charge in [0.2, 0.25) is 5.95 Å². The van der Waals surface area contributed by atoms with Gasteiger partial charge in [0.25, 0.3) is 0 Å². The van der Waals surface area contributed by atoms with E-state index in [1.165, 1.54) is 23.1 Å². The number of hydrogen-bond acceptors (Lipinski definition) is 5. The summed E-state index contributed by atoms with van der Waals surface area (Å²) >= 11 is 0. The number of rotatable bonds is 5. The number of benzene rings is 2. The summed E-state index contributed by atoms with van der Waals surface area (Å²) in [5.41, 5.74) is 3.41. The maximum Gasteiger partial charge on any atom is 0.246 e. The van der Waals surface area contributed by atoms with E-state index in [-0.39, 0.29) is 7.11 Å². The molecule has 2 heterocycles. The van der Waals surface area contributed by atoms with E-state index < -0.39 is 11.6 Å². The fourth-order valence-corrected chi connectivity index (χ4v) is 3.49. The highest BCUT2D eigenvalue weighted by Crippen LogP contribution is 2.27. The molecule has 3 aromatic rings. The number of aromatic nitrogens is 3. The van der Waals surface area contributed by atoms with Crippen LogP contribution in [0.3, 0.4) is 0 Å². The van der Waals surface area contributed by atoms with Crippen molar-refractivity contribution in [2.45, 2.75) is 19.4 Å². The van der Waals surface area contributed by atoms with Crippen molar-refractivity contribution in [1.29, 1.82) is 0 Å². The quantitative estimate of drug-likeness (QED) is 0.701. The lowest BCUT2D eigenvalue weighted by molar-refractivity contribution is 0.580. The van der Waals surface area contributed by atoms with Gasteiger partial charge in [0.1, 0.15) is 18.0 Å². The average Bonchev–Trinajstić information content (AvgIpc) is 3.29. The third-order valence-corrected chi connectivity index (χ3v) is 4.88. The zero-order chi connectivity index (χ0) is 19.7. The van der Waals surface area contributed by atoms with Crippen molar-refractivity contribution in [3.05, 3.63) is 59.9 Å². The van der Waals surface area contributed by atoms with E-state index in [4.69, 9.17) is 0 Å². The van der Waals surface area contributed by atoms with E-state index in [2.05, 4.69) is 37.7 Å². The summed E-state index contributed by atoms with van der Waals surface area (Å²) in [5, 5.41) is 10.8. The zero-order valence-electron chi connectivity index (χ0n) is 15.8. The molecule has 1 aromatic heterocycles. The molecule has 0 saturated carbocycles. The maximum atomic E-state index is 13.4. The molecule has 6 nitrogen and oxygen atoms in total. The van der Waals surface area contributed by atoms with Crippen LogP contribution < -0.4 is 15.5 Å². The van der Waals surface area contributed by atoms with E-state index in [0.29, 0.717) is 12.0 Å². The maximum absolute atomic E-state index is 13.4. The van der Waals surface area contributed by atoms with Crippen LogP contribution in [0, 0.1) is 18.6 Å². The minimum absolute atomic E-state index is 0. The predicted molar refractivity (Wildman–Crippen MR) is 108 cm³/mol. The Bertz CT molecular complexity index is 973. The Kier molecular flexibility index (Phi) is 4.95. The largest absolute Gasteiger partial charge is 0.370 e. The van der Waals surface area contributed by atoms with E-state index in [0.717, 1.165) is 42.5 Å². The Balaban J connectivity index is 0.00000240. The molecule has 0 amide bonds. The second-order valence-corrected chi connectivity index (χ2v) is 7.04. The van der Waals surface area contributed by atoms with Gasteiger partial charge in [-0.25, -0.2) is 13.5 Å². The fraction of sp³-hybridized carbons (Fsp3) is 0.300. The van der Waals surface area contributed by atoms with Gasteiger partial charge in [-0.15, -0.1) is 5.10 Å². The fourth-order valence-electron chi connectivity index (χ4n) is 3.49. The molecule has 1 atom stereocenters. The smallest absolute Gasteiger partial charge is 0.246 e. The molecule has 1 saturated heterocycles. The van der Waals surface area contributed by atoms with Gasteiger partial charge in [0.15, 0.2) is 0 Å². The molecule has 148 valence electrons. The van der Waals surface area contributed by atoms with Crippen molar-refractivity contribution in [2.75, 3.05) is 30.4 Å². The summed E-state index contributed by atoms with van der Waals surface area (Å²) in [5.74, 6) is -0.960. The van der Waals surface area contributed by atoms with E-state index >= 15 is 0 Å². The average molecular weight is 386 g/mol. The van der Waals surface area contributed by atoms with Crippen LogP contribution in [0.25, 0.3) is 5.69 Å². The topological polar surface area (TPSA) is 58.0 Å². The highest BCUT2D eigenvalue weighted by molar-refractivity contribution is 5.64. The van der Waals surface area contributed by atoms with E-state index in [9.17, 15) is 8.78 Å². The minimum atomic E-state index is -0.658. The molecule has 0 spiro atoms. The third kappa shape index (κ3) is 3.96. The number of nitrogens with zero attached hydrogens (tertiary/aromatic N) is 4. The summed E-state index contributed by atoms with van der Waals surface area (Å²) in [6.45, 7) is 4.02. The SMILES string of the molecule is CNC1CCN(c2cc(C)cc(Nc3ncn(-c4cc(F)cc(F)c4)n3)c2)C1.[HH]. The van der Waals surface area contributed by atoms with Crippen molar-refractivity contribution in [3.63, 3.8) is 0 Å². The molecule has 0 bridgehead atoms. The number of aryl methyl sites for hydroxylation is 1. The first kappa shape index (κ1) is 18.4. The Hall–Kier alpha value is -3.00. The Labute approximate surface area is 163 Å². The number of nitrogens with one attached hydrogen (secondary N) is 2. The molecule has 1 fully saturated rings. The summed E-state index contributed by atoms with van der Waals surface area (Å²) in [6.07, 6.45) is 2.54. The van der Waals surface area contributed by atoms with Crippen molar-refractivity contribution in [2.24, 2.45) is 0 Å². The standard InChI is InChI=1S/C20H22F2N6.H2/c1-13-5-17(10-18(6-13)27-4-3-16(11-27)23-2)25-20-24-12-28(26-20)19-8-14(21)7-15(22)9-19;/h5-10,12,16,23H,3-4,11H2,1-2H3,(H,25,26);1H. The van der Waals surface area contributed by atoms with Crippen molar-refractivity contribution in [1.82, 2.24) is 20.1 Å². The van der Waals surface area contributed by atoms with Gasteiger partial charge >= 0.3 is 0 Å². The molecular weight excluding hydrogens is 362 g/mol. The predicted octanol–water partition coefficient (Wildman–Crippen LogP) is 3.64. The molecule has 1 aliphatic heterocycles. The summed E-state index contributed by atoms with van der Waals surface area (Å²) in [4.78, 5) is 6.55. The molecule has 1 aliphatic rings. The van der Waals surface area contributed by atoms with Gasteiger partial charge in [-0.2, -0.15) is 4.98 Å². The van der Waals surface area contributed by atoms with Gasteiger partial charge in [-0.1, -0.05) is 0 Å². The lowest BCUT2D eigenvalue weighted by atomic mass is 10.2. The molecule has 28 heavy (non-hydrogen) atoms. The van der Waals surface area contributed by atoms with Gasteiger partial charge in [-0.05, 0) is 56.3 Å². The number of likely N-dealkylation sites (N-methyl/N-ethyl adjacent to an activating group) is 1. The van der Waals surface area contributed by atoms with Crippen molar-refractivity contribution < 1.29 is 10.2 Å². The van der Waals surface area contributed by atoms with Crippen molar-refractivity contribution in [3.8, 4) is 5.69 Å². The van der Waals surface area contributed by atoms with Crippen LogP contribution in [-0.4, -0.2) is 40.9 Å². The lowest BCUT2D eigenvalue weighted by Gasteiger charge is -2.20. The van der Waals surface area contributed by atoms with Crippen molar-refractivity contribution >= 4 is 17.3 Å². The highest BCUT2D eigenvalue weighted by atomic mass is 19.1. The summed E-state index contributed by atoms with van der Waals surface area (Å²) < 4.78 is 28.2. The first-order valence-corrected chi connectivity index (χ1v) is 9.19. The minimum Gasteiger partial charge on any atom is -0.370 e. The molecule has 1 unspecified atom stereocenters. The normalized spacial score (nSPS) is 16.6. The van der Waals surface area contributed by atoms with Gasteiger partial charge in [-0.3, -0.25) is 0 Å². The van der Waals surface area contributed by atoms with Crippen LogP contribution in [0.2, 0.25) is 0 Å². The number of anilines is 3. The van der Waals surface area contributed by atoms with Crippen LogP contribution in [0.1, 0.15) is 13.4 Å². The molecule has 2 aromatic carbocycles. The molecular formula is C20H24F2N6. The van der Waals surface area contributed by atoms with Gasteiger partial charge < -0.3 is 15.5 Å². The zero-order valence-corrected chi connectivity index (χ0v) is 15.8. The number of hydrogen-bond donors (Lipinski definition) is 2. The summed E-state index contributed by atoms with van der Waals surface area (Å²) in [7, 11) is 1.99. The van der Waals surface area contributed by atoms with Crippen LogP contribution in [0.5, 0.6) is 0 Å². The third-order valence-electron chi connectivity index (χ3n) is 4.88. The first-order chi connectivity index (χ1) is 13.5. The monoisotopic (exact) mass is 386 g/mol. The Morgan fingerprint density at radius 3 is 2.57 bits per heavy atom. The molecule has 4 rings (SSSR count). The van der Waals surface area contributed by atoms with E-state index in [1.54, 1.807) is 0 Å². The second-order valence-electron chi connectivity index (χ2n) is 7.04. The number of halogens is 2. The molecule has 2 N–H and O–H groups in total. The summed E-state index contributed by atoms with van der Waals surface area (Å²) in [6, 6.07) is 9.97. The highest BCUT2D eigenvalue weighted by Gasteiger charge is 2.21. The van der Waals surface area contributed by atoms with Crippen LogP contribution in [0.4, 0.5) is 26.1 Å². The van der Waals surface area contributed by atoms with Gasteiger partial charge in [0, 0.05) is 38.0 Å². The lowest BCUT2D eigenvalue weighted by Crippen LogP contribution is -2.29. The van der Waals surface area contributed by atoms with Crippen LogP contribution >= 0.6 is 0 Å².